The Balaban J connectivity index is 2.64. The third-order valence-electron chi connectivity index (χ3n) is 2.65. The van der Waals surface area contributed by atoms with Gasteiger partial charge in [-0.3, -0.25) is 14.3 Å². The van der Waals surface area contributed by atoms with Gasteiger partial charge in [0.1, 0.15) is 5.56 Å². The first kappa shape index (κ1) is 16.0. The number of amides is 2. The summed E-state index contributed by atoms with van der Waals surface area (Å²) in [5.74, 6) is 0.150. The summed E-state index contributed by atoms with van der Waals surface area (Å²) in [5.41, 5.74) is 0.342. The van der Waals surface area contributed by atoms with Crippen LogP contribution >= 0.6 is 0 Å². The van der Waals surface area contributed by atoms with Gasteiger partial charge < -0.3 is 15.0 Å². The second-order valence-corrected chi connectivity index (χ2v) is 5.08. The number of rotatable bonds is 6. The highest BCUT2D eigenvalue weighted by molar-refractivity contribution is 5.98. The Morgan fingerprint density at radius 1 is 1.50 bits per heavy atom. The molecule has 1 heterocycles. The summed E-state index contributed by atoms with van der Waals surface area (Å²) in [5, 5.41) is 6.79. The molecular weight excluding hydrogens is 260 g/mol. The van der Waals surface area contributed by atoms with Crippen molar-refractivity contribution in [3.05, 3.63) is 11.8 Å². The van der Waals surface area contributed by atoms with Crippen molar-refractivity contribution in [2.45, 2.75) is 13.8 Å². The molecule has 0 spiro atoms. The van der Waals surface area contributed by atoms with E-state index in [1.165, 1.54) is 16.7 Å². The number of carbonyl (C=O) groups excluding carboxylic acids is 2. The topological polar surface area (TPSA) is 76.5 Å². The zero-order chi connectivity index (χ0) is 15.3. The summed E-state index contributed by atoms with van der Waals surface area (Å²) in [6.45, 7) is 4.62. The molecule has 20 heavy (non-hydrogen) atoms. The van der Waals surface area contributed by atoms with Crippen LogP contribution in [0.2, 0.25) is 0 Å². The molecule has 0 unspecified atom stereocenters. The van der Waals surface area contributed by atoms with Crippen molar-refractivity contribution in [3.8, 4) is 5.88 Å². The molecule has 0 aromatic carbocycles. The maximum Gasteiger partial charge on any atom is 0.261 e. The average Bonchev–Trinajstić information content (AvgIpc) is 2.76. The lowest BCUT2D eigenvalue weighted by molar-refractivity contribution is -0.121. The van der Waals surface area contributed by atoms with Crippen molar-refractivity contribution in [1.29, 1.82) is 0 Å². The lowest BCUT2D eigenvalue weighted by Crippen LogP contribution is -2.39. The summed E-state index contributed by atoms with van der Waals surface area (Å²) in [6, 6.07) is 0. The van der Waals surface area contributed by atoms with Gasteiger partial charge in [0.2, 0.25) is 11.8 Å². The van der Waals surface area contributed by atoms with Crippen molar-refractivity contribution in [2.75, 3.05) is 27.2 Å². The zero-order valence-electron chi connectivity index (χ0n) is 12.6. The molecule has 112 valence electrons. The lowest BCUT2D eigenvalue weighted by Gasteiger charge is -2.17. The summed E-state index contributed by atoms with van der Waals surface area (Å²) in [6.07, 6.45) is 1.57. The van der Waals surface area contributed by atoms with Gasteiger partial charge in [0, 0.05) is 26.8 Å². The van der Waals surface area contributed by atoms with Gasteiger partial charge in [-0.05, 0) is 5.92 Å². The van der Waals surface area contributed by atoms with Gasteiger partial charge in [0.05, 0.1) is 13.7 Å². The number of aryl methyl sites for hydroxylation is 1. The van der Waals surface area contributed by atoms with Crippen LogP contribution in [0.25, 0.3) is 0 Å². The second-order valence-electron chi connectivity index (χ2n) is 5.08. The van der Waals surface area contributed by atoms with E-state index in [0.29, 0.717) is 18.0 Å². The number of aromatic nitrogens is 2. The third-order valence-corrected chi connectivity index (χ3v) is 2.65. The van der Waals surface area contributed by atoms with Gasteiger partial charge in [-0.1, -0.05) is 13.8 Å². The minimum absolute atomic E-state index is 0.00357. The van der Waals surface area contributed by atoms with Crippen LogP contribution in [-0.2, 0) is 11.8 Å². The van der Waals surface area contributed by atoms with E-state index in [0.717, 1.165) is 0 Å². The summed E-state index contributed by atoms with van der Waals surface area (Å²) < 4.78 is 6.54. The Kier molecular flexibility index (Phi) is 5.54. The maximum atomic E-state index is 12.2. The fraction of sp³-hybridized carbons (Fsp3) is 0.615. The predicted octanol–water partition coefficient (Wildman–Crippen LogP) is 0.273. The smallest absolute Gasteiger partial charge is 0.261 e. The van der Waals surface area contributed by atoms with E-state index in [1.807, 2.05) is 13.8 Å². The molecule has 0 aliphatic rings. The van der Waals surface area contributed by atoms with Crippen LogP contribution in [0.4, 0.5) is 0 Å². The van der Waals surface area contributed by atoms with Gasteiger partial charge in [-0.25, -0.2) is 0 Å². The number of hydrogen-bond acceptors (Lipinski definition) is 4. The van der Waals surface area contributed by atoms with E-state index >= 15 is 0 Å². The predicted molar refractivity (Wildman–Crippen MR) is 74.6 cm³/mol. The third kappa shape index (κ3) is 4.25. The second kappa shape index (κ2) is 6.93. The molecule has 1 rings (SSSR count). The standard InChI is InChI=1S/C13H22N4O3/c1-9(2)6-14-11(18)8-16(3)13(19)10-7-17(4)15-12(10)20-5/h7,9H,6,8H2,1-5H3,(H,14,18). The van der Waals surface area contributed by atoms with Gasteiger partial charge in [0.25, 0.3) is 5.91 Å². The quantitative estimate of drug-likeness (QED) is 0.812. The number of methoxy groups -OCH3 is 1. The van der Waals surface area contributed by atoms with Gasteiger partial charge in [0.15, 0.2) is 0 Å². The minimum atomic E-state index is -0.297. The van der Waals surface area contributed by atoms with Crippen LogP contribution in [0.1, 0.15) is 24.2 Å². The number of nitrogens with one attached hydrogen (secondary N) is 1. The van der Waals surface area contributed by atoms with E-state index in [1.54, 1.807) is 20.3 Å². The molecule has 0 fully saturated rings. The van der Waals surface area contributed by atoms with Crippen LogP contribution < -0.4 is 10.1 Å². The van der Waals surface area contributed by atoms with Gasteiger partial charge >= 0.3 is 0 Å². The van der Waals surface area contributed by atoms with Gasteiger partial charge in [-0.2, -0.15) is 0 Å². The molecule has 7 nitrogen and oxygen atoms in total. The number of hydrogen-bond donors (Lipinski definition) is 1. The molecule has 0 bridgehead atoms. The van der Waals surface area contributed by atoms with E-state index in [4.69, 9.17) is 4.74 Å². The van der Waals surface area contributed by atoms with Crippen LogP contribution in [0, 0.1) is 5.92 Å². The van der Waals surface area contributed by atoms with Crippen LogP contribution in [0.5, 0.6) is 5.88 Å². The first-order valence-corrected chi connectivity index (χ1v) is 6.45. The molecule has 0 radical (unpaired) electrons. The maximum absolute atomic E-state index is 12.2. The van der Waals surface area contributed by atoms with Gasteiger partial charge in [-0.15, -0.1) is 5.10 Å². The molecule has 0 aliphatic heterocycles. The number of nitrogens with zero attached hydrogens (tertiary/aromatic N) is 3. The van der Waals surface area contributed by atoms with Crippen LogP contribution in [-0.4, -0.2) is 53.7 Å². The van der Waals surface area contributed by atoms with E-state index in [2.05, 4.69) is 10.4 Å². The normalized spacial score (nSPS) is 10.5. The highest BCUT2D eigenvalue weighted by Gasteiger charge is 2.21. The molecule has 7 heteroatoms. The Morgan fingerprint density at radius 3 is 2.70 bits per heavy atom. The molecule has 0 saturated carbocycles. The molecule has 0 aliphatic carbocycles. The Morgan fingerprint density at radius 2 is 2.15 bits per heavy atom. The Hall–Kier alpha value is -2.05. The van der Waals surface area contributed by atoms with Crippen LogP contribution in [0.15, 0.2) is 6.20 Å². The Labute approximate surface area is 118 Å². The first-order chi connectivity index (χ1) is 9.35. The minimum Gasteiger partial charge on any atom is -0.479 e. The van der Waals surface area contributed by atoms with Crippen molar-refractivity contribution >= 4 is 11.8 Å². The summed E-state index contributed by atoms with van der Waals surface area (Å²) in [7, 11) is 4.73. The van der Waals surface area contributed by atoms with Crippen molar-refractivity contribution in [1.82, 2.24) is 20.0 Å². The average molecular weight is 282 g/mol. The van der Waals surface area contributed by atoms with E-state index in [-0.39, 0.29) is 24.2 Å². The monoisotopic (exact) mass is 282 g/mol. The molecule has 1 N–H and O–H groups in total. The largest absolute Gasteiger partial charge is 0.479 e. The summed E-state index contributed by atoms with van der Waals surface area (Å²) >= 11 is 0. The molecular formula is C13H22N4O3. The summed E-state index contributed by atoms with van der Waals surface area (Å²) in [4.78, 5) is 25.3. The van der Waals surface area contributed by atoms with E-state index < -0.39 is 0 Å². The number of likely N-dealkylation sites (N-methyl/N-ethyl adjacent to an activating group) is 1. The first-order valence-electron chi connectivity index (χ1n) is 6.45. The molecule has 1 aromatic heterocycles. The number of ether oxygens (including phenoxy) is 1. The number of carbonyl (C=O) groups is 2. The Bertz CT molecular complexity index is 482. The van der Waals surface area contributed by atoms with Crippen molar-refractivity contribution in [3.63, 3.8) is 0 Å². The van der Waals surface area contributed by atoms with Crippen LogP contribution in [0.3, 0.4) is 0 Å². The molecule has 0 saturated heterocycles. The fourth-order valence-electron chi connectivity index (χ4n) is 1.63. The van der Waals surface area contributed by atoms with Crippen molar-refractivity contribution < 1.29 is 14.3 Å². The fourth-order valence-corrected chi connectivity index (χ4v) is 1.63. The van der Waals surface area contributed by atoms with E-state index in [9.17, 15) is 9.59 Å². The highest BCUT2D eigenvalue weighted by atomic mass is 16.5. The lowest BCUT2D eigenvalue weighted by atomic mass is 10.2. The highest BCUT2D eigenvalue weighted by Crippen LogP contribution is 2.16. The molecule has 2 amide bonds. The molecule has 0 atom stereocenters. The SMILES string of the molecule is COc1nn(C)cc1C(=O)N(C)CC(=O)NCC(C)C. The van der Waals surface area contributed by atoms with Crippen molar-refractivity contribution in [2.24, 2.45) is 13.0 Å². The zero-order valence-corrected chi connectivity index (χ0v) is 12.6. The molecule has 1 aromatic rings.